The van der Waals surface area contributed by atoms with Crippen molar-refractivity contribution in [3.63, 3.8) is 0 Å². The second-order valence-corrected chi connectivity index (χ2v) is 6.26. The summed E-state index contributed by atoms with van der Waals surface area (Å²) in [5.41, 5.74) is 1.19. The van der Waals surface area contributed by atoms with Gasteiger partial charge in [-0.2, -0.15) is 0 Å². The van der Waals surface area contributed by atoms with Crippen LogP contribution < -0.4 is 9.47 Å². The zero-order valence-corrected chi connectivity index (χ0v) is 11.4. The van der Waals surface area contributed by atoms with Crippen molar-refractivity contribution in [3.05, 3.63) is 33.2 Å². The second kappa shape index (κ2) is 4.25. The molecule has 82 valence electrons. The first-order valence-corrected chi connectivity index (χ1v) is 6.89. The summed E-state index contributed by atoms with van der Waals surface area (Å²) in [6.45, 7) is 1.29. The van der Waals surface area contributed by atoms with Gasteiger partial charge in [-0.05, 0) is 28.2 Å². The van der Waals surface area contributed by atoms with Gasteiger partial charge >= 0.3 is 0 Å². The van der Waals surface area contributed by atoms with E-state index >= 15 is 0 Å². The van der Waals surface area contributed by atoms with Crippen LogP contribution in [0.4, 0.5) is 0 Å². The molecule has 1 aromatic carbocycles. The van der Waals surface area contributed by atoms with Crippen LogP contribution in [0.1, 0.15) is 0 Å². The van der Waals surface area contributed by atoms with Crippen molar-refractivity contribution >= 4 is 33.9 Å². The number of halogens is 1. The average molecular weight is 344 g/mol. The van der Waals surface area contributed by atoms with E-state index in [1.54, 1.807) is 11.3 Å². The van der Waals surface area contributed by atoms with E-state index < -0.39 is 0 Å². The maximum Gasteiger partial charge on any atom is 0.186 e. The third-order valence-electron chi connectivity index (χ3n) is 2.39. The van der Waals surface area contributed by atoms with Crippen molar-refractivity contribution in [1.29, 1.82) is 0 Å². The standard InChI is InChI=1S/C12H9IO2S/c13-12-10-9(14-6-7-15-10)11(16-12)8-4-2-1-3-5-8/h1-5H,6-7H2. The van der Waals surface area contributed by atoms with Crippen LogP contribution in [-0.4, -0.2) is 13.2 Å². The molecule has 16 heavy (non-hydrogen) atoms. The summed E-state index contributed by atoms with van der Waals surface area (Å²) in [4.78, 5) is 1.17. The van der Waals surface area contributed by atoms with E-state index in [9.17, 15) is 0 Å². The lowest BCUT2D eigenvalue weighted by Gasteiger charge is -2.16. The number of benzene rings is 1. The monoisotopic (exact) mass is 344 g/mol. The second-order valence-electron chi connectivity index (χ2n) is 3.43. The smallest absolute Gasteiger partial charge is 0.186 e. The molecule has 0 amide bonds. The topological polar surface area (TPSA) is 18.5 Å². The van der Waals surface area contributed by atoms with Gasteiger partial charge < -0.3 is 9.47 Å². The molecular formula is C12H9IO2S. The lowest BCUT2D eigenvalue weighted by atomic mass is 10.2. The summed E-state index contributed by atoms with van der Waals surface area (Å²) in [5, 5.41) is 0. The van der Waals surface area contributed by atoms with Crippen molar-refractivity contribution < 1.29 is 9.47 Å². The first-order chi connectivity index (χ1) is 7.86. The zero-order chi connectivity index (χ0) is 11.0. The lowest BCUT2D eigenvalue weighted by Crippen LogP contribution is -2.14. The maximum atomic E-state index is 5.71. The van der Waals surface area contributed by atoms with Gasteiger partial charge in [0.2, 0.25) is 0 Å². The van der Waals surface area contributed by atoms with Crippen LogP contribution in [0.15, 0.2) is 30.3 Å². The molecule has 3 rings (SSSR count). The fourth-order valence-corrected chi connectivity index (χ4v) is 3.68. The Morgan fingerprint density at radius 1 is 1.00 bits per heavy atom. The normalized spacial score (nSPS) is 13.8. The predicted molar refractivity (Wildman–Crippen MR) is 73.5 cm³/mol. The van der Waals surface area contributed by atoms with E-state index in [4.69, 9.17) is 9.47 Å². The molecule has 0 fully saturated rings. The van der Waals surface area contributed by atoms with Crippen molar-refractivity contribution in [2.24, 2.45) is 0 Å². The molecule has 0 atom stereocenters. The van der Waals surface area contributed by atoms with Crippen LogP contribution in [0.3, 0.4) is 0 Å². The van der Waals surface area contributed by atoms with Gasteiger partial charge in [0.25, 0.3) is 0 Å². The van der Waals surface area contributed by atoms with Crippen LogP contribution in [0, 0.1) is 2.88 Å². The molecule has 4 heteroatoms. The molecule has 1 aromatic heterocycles. The number of fused-ring (bicyclic) bond motifs is 1. The third-order valence-corrected chi connectivity index (χ3v) is 4.54. The largest absolute Gasteiger partial charge is 0.485 e. The molecule has 0 unspecified atom stereocenters. The van der Waals surface area contributed by atoms with Crippen LogP contribution >= 0.6 is 33.9 Å². The van der Waals surface area contributed by atoms with Crippen LogP contribution in [0.2, 0.25) is 0 Å². The average Bonchev–Trinajstić information content (AvgIpc) is 2.69. The third kappa shape index (κ3) is 1.69. The van der Waals surface area contributed by atoms with E-state index in [1.807, 2.05) is 18.2 Å². The highest BCUT2D eigenvalue weighted by Crippen LogP contribution is 2.49. The molecule has 0 saturated carbocycles. The molecule has 0 spiro atoms. The molecule has 0 N–H and O–H groups in total. The highest BCUT2D eigenvalue weighted by Gasteiger charge is 2.23. The predicted octanol–water partition coefficient (Wildman–Crippen LogP) is 3.79. The van der Waals surface area contributed by atoms with E-state index in [0.717, 1.165) is 14.4 Å². The molecule has 0 aliphatic carbocycles. The molecule has 0 saturated heterocycles. The van der Waals surface area contributed by atoms with Gasteiger partial charge in [0.1, 0.15) is 16.1 Å². The fraction of sp³-hybridized carbons (Fsp3) is 0.167. The molecule has 1 aliphatic rings. The molecule has 0 radical (unpaired) electrons. The summed E-state index contributed by atoms with van der Waals surface area (Å²) in [6, 6.07) is 10.3. The molecule has 2 heterocycles. The highest BCUT2D eigenvalue weighted by molar-refractivity contribution is 14.1. The van der Waals surface area contributed by atoms with E-state index in [0.29, 0.717) is 13.2 Å². The van der Waals surface area contributed by atoms with Crippen LogP contribution in [0.25, 0.3) is 10.4 Å². The Morgan fingerprint density at radius 3 is 2.44 bits per heavy atom. The van der Waals surface area contributed by atoms with Gasteiger partial charge in [0.15, 0.2) is 11.5 Å². The highest BCUT2D eigenvalue weighted by atomic mass is 127. The molecule has 2 aromatic rings. The van der Waals surface area contributed by atoms with Crippen LogP contribution in [0.5, 0.6) is 11.5 Å². The lowest BCUT2D eigenvalue weighted by molar-refractivity contribution is 0.173. The van der Waals surface area contributed by atoms with Gasteiger partial charge in [0.05, 0.1) is 4.88 Å². The SMILES string of the molecule is Ic1sc(-c2ccccc2)c2c1OCCO2. The van der Waals surface area contributed by atoms with Gasteiger partial charge in [-0.1, -0.05) is 30.3 Å². The van der Waals surface area contributed by atoms with Crippen molar-refractivity contribution in [3.8, 4) is 21.9 Å². The summed E-state index contributed by atoms with van der Waals surface area (Å²) in [5.74, 6) is 1.82. The fourth-order valence-electron chi connectivity index (χ4n) is 1.70. The number of thiophene rings is 1. The van der Waals surface area contributed by atoms with E-state index in [2.05, 4.69) is 34.7 Å². The van der Waals surface area contributed by atoms with Gasteiger partial charge in [0, 0.05) is 0 Å². The Labute approximate surface area is 111 Å². The van der Waals surface area contributed by atoms with Gasteiger partial charge in [-0.25, -0.2) is 0 Å². The first kappa shape index (κ1) is 10.4. The Kier molecular flexibility index (Phi) is 2.77. The molecular weight excluding hydrogens is 335 g/mol. The summed E-state index contributed by atoms with van der Waals surface area (Å²) in [6.07, 6.45) is 0. The Morgan fingerprint density at radius 2 is 1.69 bits per heavy atom. The Hall–Kier alpha value is -0.750. The Bertz CT molecular complexity index is 507. The van der Waals surface area contributed by atoms with E-state index in [1.165, 1.54) is 10.4 Å². The number of hydrogen-bond donors (Lipinski definition) is 0. The summed E-state index contributed by atoms with van der Waals surface area (Å²) in [7, 11) is 0. The Balaban J connectivity index is 2.15. The molecule has 0 bridgehead atoms. The molecule has 2 nitrogen and oxygen atoms in total. The van der Waals surface area contributed by atoms with Crippen molar-refractivity contribution in [2.45, 2.75) is 0 Å². The maximum absolute atomic E-state index is 5.71. The summed E-state index contributed by atoms with van der Waals surface area (Å²) < 4.78 is 12.5. The minimum Gasteiger partial charge on any atom is -0.485 e. The number of rotatable bonds is 1. The van der Waals surface area contributed by atoms with Crippen LogP contribution in [-0.2, 0) is 0 Å². The summed E-state index contributed by atoms with van der Waals surface area (Å²) >= 11 is 4.02. The number of ether oxygens (including phenoxy) is 2. The van der Waals surface area contributed by atoms with Crippen molar-refractivity contribution in [1.82, 2.24) is 0 Å². The van der Waals surface area contributed by atoms with Crippen molar-refractivity contribution in [2.75, 3.05) is 13.2 Å². The zero-order valence-electron chi connectivity index (χ0n) is 8.40. The van der Waals surface area contributed by atoms with E-state index in [-0.39, 0.29) is 0 Å². The molecule has 1 aliphatic heterocycles. The first-order valence-electron chi connectivity index (χ1n) is 4.99. The van der Waals surface area contributed by atoms with Gasteiger partial charge in [-0.15, -0.1) is 11.3 Å². The number of hydrogen-bond acceptors (Lipinski definition) is 3. The quantitative estimate of drug-likeness (QED) is 0.733. The van der Waals surface area contributed by atoms with Gasteiger partial charge in [-0.3, -0.25) is 0 Å². The minimum absolute atomic E-state index is 0.639. The minimum atomic E-state index is 0.639.